The lowest BCUT2D eigenvalue weighted by Gasteiger charge is -2.24. The van der Waals surface area contributed by atoms with Crippen molar-refractivity contribution in [1.82, 2.24) is 20.4 Å². The largest absolute Gasteiger partial charge is 0.454 e. The predicted octanol–water partition coefficient (Wildman–Crippen LogP) is 2.53. The van der Waals surface area contributed by atoms with Crippen LogP contribution >= 0.6 is 0 Å². The standard InChI is InChI=1S/C20H29N5O2/c1-4-21-19(22-9-5-11-25-12-6-10-24-25)23-14-20(2,3)16-7-8-17-18(13-16)27-15-26-17/h6-8,10,12-13H,4-5,9,11,14-15H2,1-3H3,(H2,21,22,23). The van der Waals surface area contributed by atoms with Crippen LogP contribution in [0.3, 0.4) is 0 Å². The van der Waals surface area contributed by atoms with Gasteiger partial charge < -0.3 is 20.1 Å². The lowest BCUT2D eigenvalue weighted by molar-refractivity contribution is 0.174. The van der Waals surface area contributed by atoms with Gasteiger partial charge in [-0.15, -0.1) is 0 Å². The van der Waals surface area contributed by atoms with E-state index >= 15 is 0 Å². The van der Waals surface area contributed by atoms with Gasteiger partial charge in [-0.2, -0.15) is 5.10 Å². The van der Waals surface area contributed by atoms with Crippen LogP contribution in [0.15, 0.2) is 41.7 Å². The molecule has 0 spiro atoms. The van der Waals surface area contributed by atoms with E-state index in [1.807, 2.05) is 23.0 Å². The van der Waals surface area contributed by atoms with E-state index in [9.17, 15) is 0 Å². The molecule has 0 bridgehead atoms. The molecule has 0 amide bonds. The van der Waals surface area contributed by atoms with Gasteiger partial charge in [-0.05, 0) is 37.1 Å². The fourth-order valence-corrected chi connectivity index (χ4v) is 2.91. The maximum absolute atomic E-state index is 5.50. The topological polar surface area (TPSA) is 72.7 Å². The number of nitrogens with one attached hydrogen (secondary N) is 2. The molecule has 3 rings (SSSR count). The first kappa shape index (κ1) is 19.1. The monoisotopic (exact) mass is 371 g/mol. The second kappa shape index (κ2) is 8.79. The third-order valence-electron chi connectivity index (χ3n) is 4.55. The molecular weight excluding hydrogens is 342 g/mol. The summed E-state index contributed by atoms with van der Waals surface area (Å²) in [5.41, 5.74) is 1.07. The van der Waals surface area contributed by atoms with E-state index in [1.165, 1.54) is 5.56 Å². The molecule has 0 saturated carbocycles. The minimum Gasteiger partial charge on any atom is -0.454 e. The summed E-state index contributed by atoms with van der Waals surface area (Å²) in [4.78, 5) is 4.79. The maximum atomic E-state index is 5.50. The molecule has 1 aliphatic rings. The molecule has 7 nitrogen and oxygen atoms in total. The number of rotatable bonds is 8. The summed E-state index contributed by atoms with van der Waals surface area (Å²) in [6.45, 7) is 9.98. The van der Waals surface area contributed by atoms with Gasteiger partial charge in [0.05, 0.1) is 6.54 Å². The van der Waals surface area contributed by atoms with Crippen molar-refractivity contribution in [3.63, 3.8) is 0 Å². The summed E-state index contributed by atoms with van der Waals surface area (Å²) in [5, 5.41) is 10.9. The molecule has 1 aromatic carbocycles. The van der Waals surface area contributed by atoms with Gasteiger partial charge in [-0.25, -0.2) is 0 Å². The van der Waals surface area contributed by atoms with Crippen LogP contribution in [0.1, 0.15) is 32.8 Å². The van der Waals surface area contributed by atoms with Gasteiger partial charge in [-0.1, -0.05) is 19.9 Å². The van der Waals surface area contributed by atoms with E-state index in [0.717, 1.165) is 43.5 Å². The van der Waals surface area contributed by atoms with Crippen LogP contribution in [0.25, 0.3) is 0 Å². The van der Waals surface area contributed by atoms with E-state index in [0.29, 0.717) is 13.3 Å². The second-order valence-electron chi connectivity index (χ2n) is 7.20. The molecule has 2 aromatic rings. The van der Waals surface area contributed by atoms with Crippen LogP contribution in [0, 0.1) is 0 Å². The molecule has 0 unspecified atom stereocenters. The molecule has 2 heterocycles. The first-order chi connectivity index (χ1) is 13.1. The zero-order valence-corrected chi connectivity index (χ0v) is 16.4. The van der Waals surface area contributed by atoms with Gasteiger partial charge >= 0.3 is 0 Å². The number of aryl methyl sites for hydroxylation is 1. The Labute approximate surface area is 160 Å². The van der Waals surface area contributed by atoms with E-state index < -0.39 is 0 Å². The van der Waals surface area contributed by atoms with Crippen molar-refractivity contribution < 1.29 is 9.47 Å². The van der Waals surface area contributed by atoms with E-state index in [4.69, 9.17) is 14.5 Å². The van der Waals surface area contributed by atoms with Crippen LogP contribution in [-0.2, 0) is 12.0 Å². The van der Waals surface area contributed by atoms with Crippen molar-refractivity contribution >= 4 is 5.96 Å². The number of nitrogens with zero attached hydrogens (tertiary/aromatic N) is 3. The molecule has 0 fully saturated rings. The van der Waals surface area contributed by atoms with Crippen molar-refractivity contribution in [3.8, 4) is 11.5 Å². The molecule has 27 heavy (non-hydrogen) atoms. The molecule has 0 radical (unpaired) electrons. The minimum atomic E-state index is -0.113. The number of fused-ring (bicyclic) bond motifs is 1. The zero-order chi connectivity index (χ0) is 19.1. The Morgan fingerprint density at radius 1 is 1.26 bits per heavy atom. The summed E-state index contributed by atoms with van der Waals surface area (Å²) in [7, 11) is 0. The quantitative estimate of drug-likeness (QED) is 0.424. The molecular formula is C20H29N5O2. The fourth-order valence-electron chi connectivity index (χ4n) is 2.91. The van der Waals surface area contributed by atoms with Gasteiger partial charge in [-0.3, -0.25) is 9.67 Å². The molecule has 7 heteroatoms. The highest BCUT2D eigenvalue weighted by Crippen LogP contribution is 2.36. The third-order valence-corrected chi connectivity index (χ3v) is 4.55. The maximum Gasteiger partial charge on any atom is 0.231 e. The van der Waals surface area contributed by atoms with Gasteiger partial charge in [0.25, 0.3) is 0 Å². The van der Waals surface area contributed by atoms with Gasteiger partial charge in [0.2, 0.25) is 6.79 Å². The number of aliphatic imine (C=N–C) groups is 1. The van der Waals surface area contributed by atoms with Crippen LogP contribution in [0.4, 0.5) is 0 Å². The fraction of sp³-hybridized carbons (Fsp3) is 0.500. The predicted molar refractivity (Wildman–Crippen MR) is 106 cm³/mol. The second-order valence-corrected chi connectivity index (χ2v) is 7.20. The SMILES string of the molecule is CCNC(=NCC(C)(C)c1ccc2c(c1)OCO2)NCCCn1cccn1. The lowest BCUT2D eigenvalue weighted by Crippen LogP contribution is -2.39. The van der Waals surface area contributed by atoms with E-state index in [2.05, 4.69) is 48.6 Å². The van der Waals surface area contributed by atoms with Crippen LogP contribution < -0.4 is 20.1 Å². The Hall–Kier alpha value is -2.70. The van der Waals surface area contributed by atoms with Gasteiger partial charge in [0.1, 0.15) is 0 Å². The number of benzene rings is 1. The molecule has 146 valence electrons. The molecule has 0 atom stereocenters. The molecule has 0 aliphatic carbocycles. The van der Waals surface area contributed by atoms with Gasteiger partial charge in [0.15, 0.2) is 17.5 Å². The van der Waals surface area contributed by atoms with Crippen molar-refractivity contribution in [3.05, 3.63) is 42.2 Å². The van der Waals surface area contributed by atoms with Gasteiger partial charge in [0, 0.05) is 37.4 Å². The number of aromatic nitrogens is 2. The Balaban J connectivity index is 1.56. The molecule has 0 saturated heterocycles. The lowest BCUT2D eigenvalue weighted by atomic mass is 9.84. The van der Waals surface area contributed by atoms with E-state index in [-0.39, 0.29) is 5.41 Å². The normalized spacial score (nSPS) is 13.7. The summed E-state index contributed by atoms with van der Waals surface area (Å²) in [5.74, 6) is 2.46. The number of guanidine groups is 1. The van der Waals surface area contributed by atoms with Crippen molar-refractivity contribution in [2.24, 2.45) is 4.99 Å². The van der Waals surface area contributed by atoms with Crippen LogP contribution in [-0.4, -0.2) is 42.2 Å². The summed E-state index contributed by atoms with van der Waals surface area (Å²) in [6.07, 6.45) is 4.77. The zero-order valence-electron chi connectivity index (χ0n) is 16.4. The number of ether oxygens (including phenoxy) is 2. The number of hydrogen-bond donors (Lipinski definition) is 2. The Bertz CT molecular complexity index is 756. The van der Waals surface area contributed by atoms with Crippen LogP contribution in [0.2, 0.25) is 0 Å². The van der Waals surface area contributed by atoms with Crippen molar-refractivity contribution in [2.45, 2.75) is 39.2 Å². The highest BCUT2D eigenvalue weighted by Gasteiger charge is 2.24. The van der Waals surface area contributed by atoms with Crippen molar-refractivity contribution in [2.75, 3.05) is 26.4 Å². The molecule has 1 aromatic heterocycles. The Morgan fingerprint density at radius 3 is 2.89 bits per heavy atom. The highest BCUT2D eigenvalue weighted by molar-refractivity contribution is 5.79. The first-order valence-electron chi connectivity index (χ1n) is 9.48. The summed E-state index contributed by atoms with van der Waals surface area (Å²) < 4.78 is 12.8. The molecule has 2 N–H and O–H groups in total. The van der Waals surface area contributed by atoms with Crippen molar-refractivity contribution in [1.29, 1.82) is 0 Å². The summed E-state index contributed by atoms with van der Waals surface area (Å²) >= 11 is 0. The average Bonchev–Trinajstić information content (AvgIpc) is 3.33. The van der Waals surface area contributed by atoms with E-state index in [1.54, 1.807) is 6.20 Å². The Kier molecular flexibility index (Phi) is 6.21. The third kappa shape index (κ3) is 5.15. The highest BCUT2D eigenvalue weighted by atomic mass is 16.7. The summed E-state index contributed by atoms with van der Waals surface area (Å²) in [6, 6.07) is 8.06. The average molecular weight is 371 g/mol. The van der Waals surface area contributed by atoms with Crippen LogP contribution in [0.5, 0.6) is 11.5 Å². The molecule has 1 aliphatic heterocycles. The first-order valence-corrected chi connectivity index (χ1v) is 9.48. The smallest absolute Gasteiger partial charge is 0.231 e. The number of hydrogen-bond acceptors (Lipinski definition) is 4. The Morgan fingerprint density at radius 2 is 2.11 bits per heavy atom. The minimum absolute atomic E-state index is 0.113.